The molecule has 72 valence electrons. The molecule has 0 aromatic carbocycles. The predicted molar refractivity (Wildman–Crippen MR) is 54.1 cm³/mol. The van der Waals surface area contributed by atoms with Gasteiger partial charge in [-0.25, -0.2) is 0 Å². The third-order valence-electron chi connectivity index (χ3n) is 1.89. The number of hydrogen-bond donors (Lipinski definition) is 2. The second kappa shape index (κ2) is 3.22. The largest absolute Gasteiger partial charge is 0.368 e. The van der Waals surface area contributed by atoms with Crippen LogP contribution in [0.15, 0.2) is 18.5 Å². The summed E-state index contributed by atoms with van der Waals surface area (Å²) in [5.41, 5.74) is 6.75. The number of imidazole rings is 1. The molecule has 1 amide bonds. The van der Waals surface area contributed by atoms with E-state index in [1.54, 1.807) is 23.0 Å². The first-order chi connectivity index (χ1) is 6.68. The van der Waals surface area contributed by atoms with Crippen LogP contribution in [-0.2, 0) is 11.3 Å². The van der Waals surface area contributed by atoms with E-state index >= 15 is 0 Å². The molecule has 0 spiro atoms. The van der Waals surface area contributed by atoms with Crippen LogP contribution < -0.4 is 5.73 Å². The highest BCUT2D eigenvalue weighted by atomic mass is 32.1. The quantitative estimate of drug-likeness (QED) is 0.709. The fourth-order valence-corrected chi connectivity index (χ4v) is 1.60. The van der Waals surface area contributed by atoms with E-state index in [2.05, 4.69) is 9.97 Å². The molecule has 2 rings (SSSR count). The van der Waals surface area contributed by atoms with E-state index in [-0.39, 0.29) is 6.54 Å². The summed E-state index contributed by atoms with van der Waals surface area (Å²) in [6.07, 6.45) is 3.30. The monoisotopic (exact) mass is 208 g/mol. The SMILES string of the molecule is NC(=O)Cn1c(=S)[nH]c2cnccc21. The first-order valence-electron chi connectivity index (χ1n) is 3.99. The smallest absolute Gasteiger partial charge is 0.237 e. The molecule has 0 aliphatic rings. The first-order valence-corrected chi connectivity index (χ1v) is 4.40. The Labute approximate surface area is 84.6 Å². The lowest BCUT2D eigenvalue weighted by Gasteiger charge is -1.99. The molecule has 0 aliphatic carbocycles. The van der Waals surface area contributed by atoms with Crippen LogP contribution in [0, 0.1) is 4.77 Å². The molecule has 0 aliphatic heterocycles. The van der Waals surface area contributed by atoms with E-state index in [1.165, 1.54) is 0 Å². The number of amides is 1. The number of nitrogens with one attached hydrogen (secondary N) is 1. The van der Waals surface area contributed by atoms with Gasteiger partial charge >= 0.3 is 0 Å². The molecule has 2 heterocycles. The van der Waals surface area contributed by atoms with Gasteiger partial charge in [0.05, 0.1) is 17.2 Å². The number of primary amides is 1. The van der Waals surface area contributed by atoms with E-state index in [9.17, 15) is 4.79 Å². The van der Waals surface area contributed by atoms with Gasteiger partial charge in [0, 0.05) is 6.20 Å². The van der Waals surface area contributed by atoms with Crippen molar-refractivity contribution in [2.45, 2.75) is 6.54 Å². The van der Waals surface area contributed by atoms with E-state index in [4.69, 9.17) is 18.0 Å². The van der Waals surface area contributed by atoms with E-state index in [0.717, 1.165) is 11.0 Å². The highest BCUT2D eigenvalue weighted by Crippen LogP contribution is 2.11. The van der Waals surface area contributed by atoms with Gasteiger partial charge in [0.25, 0.3) is 0 Å². The summed E-state index contributed by atoms with van der Waals surface area (Å²) >= 11 is 5.04. The Morgan fingerprint density at radius 2 is 2.50 bits per heavy atom. The van der Waals surface area contributed by atoms with Crippen LogP contribution in [0.3, 0.4) is 0 Å². The highest BCUT2D eigenvalue weighted by Gasteiger charge is 2.05. The maximum Gasteiger partial charge on any atom is 0.237 e. The molecule has 3 N–H and O–H groups in total. The third-order valence-corrected chi connectivity index (χ3v) is 2.21. The minimum absolute atomic E-state index is 0.0862. The summed E-state index contributed by atoms with van der Waals surface area (Å²) in [6, 6.07) is 1.78. The molecule has 2 aromatic rings. The Kier molecular flexibility index (Phi) is 2.05. The van der Waals surface area contributed by atoms with E-state index in [0.29, 0.717) is 4.77 Å². The minimum atomic E-state index is -0.418. The molecule has 6 heteroatoms. The second-order valence-corrected chi connectivity index (χ2v) is 3.26. The van der Waals surface area contributed by atoms with Gasteiger partial charge in [-0.05, 0) is 18.3 Å². The van der Waals surface area contributed by atoms with E-state index < -0.39 is 5.91 Å². The lowest BCUT2D eigenvalue weighted by Crippen LogP contribution is -2.18. The van der Waals surface area contributed by atoms with Crippen LogP contribution in [0.25, 0.3) is 11.0 Å². The van der Waals surface area contributed by atoms with Crippen molar-refractivity contribution in [2.24, 2.45) is 5.73 Å². The highest BCUT2D eigenvalue weighted by molar-refractivity contribution is 7.71. The average molecular weight is 208 g/mol. The molecule has 0 unspecified atom stereocenters. The Morgan fingerprint density at radius 1 is 1.71 bits per heavy atom. The number of carbonyl (C=O) groups is 1. The summed E-state index contributed by atoms with van der Waals surface area (Å²) < 4.78 is 2.13. The Hall–Kier alpha value is -1.69. The number of nitrogens with zero attached hydrogens (tertiary/aromatic N) is 2. The summed E-state index contributed by atoms with van der Waals surface area (Å²) in [7, 11) is 0. The molecular weight excluding hydrogens is 200 g/mol. The number of pyridine rings is 1. The van der Waals surface area contributed by atoms with E-state index in [1.807, 2.05) is 0 Å². The molecule has 14 heavy (non-hydrogen) atoms. The van der Waals surface area contributed by atoms with Gasteiger partial charge in [-0.3, -0.25) is 9.78 Å². The van der Waals surface area contributed by atoms with Crippen LogP contribution >= 0.6 is 12.2 Å². The number of rotatable bonds is 2. The van der Waals surface area contributed by atoms with Crippen LogP contribution in [0.4, 0.5) is 0 Å². The maximum atomic E-state index is 10.8. The van der Waals surface area contributed by atoms with Crippen LogP contribution in [0.1, 0.15) is 0 Å². The number of hydrogen-bond acceptors (Lipinski definition) is 3. The molecule has 0 saturated heterocycles. The molecule has 0 fully saturated rings. The standard InChI is InChI=1S/C8H8N4OS/c9-7(13)4-12-6-1-2-10-3-5(6)11-8(12)14/h1-3H,4H2,(H2,9,13)(H,11,14). The Bertz CT molecular complexity index is 542. The van der Waals surface area contributed by atoms with Gasteiger partial charge in [-0.1, -0.05) is 0 Å². The minimum Gasteiger partial charge on any atom is -0.368 e. The molecule has 2 aromatic heterocycles. The molecule has 5 nitrogen and oxygen atoms in total. The van der Waals surface area contributed by atoms with Gasteiger partial charge in [-0.2, -0.15) is 0 Å². The lowest BCUT2D eigenvalue weighted by molar-refractivity contribution is -0.118. The lowest BCUT2D eigenvalue weighted by atomic mass is 10.4. The molecular formula is C8H8N4OS. The number of fused-ring (bicyclic) bond motifs is 1. The van der Waals surface area contributed by atoms with Crippen molar-refractivity contribution < 1.29 is 4.79 Å². The fourth-order valence-electron chi connectivity index (χ4n) is 1.32. The van der Waals surface area contributed by atoms with Crippen molar-refractivity contribution in [2.75, 3.05) is 0 Å². The van der Waals surface area contributed by atoms with Crippen molar-refractivity contribution in [3.05, 3.63) is 23.2 Å². The van der Waals surface area contributed by atoms with Crippen molar-refractivity contribution in [3.63, 3.8) is 0 Å². The summed E-state index contributed by atoms with van der Waals surface area (Å²) in [6.45, 7) is 0.0862. The Balaban J connectivity index is 2.68. The van der Waals surface area contributed by atoms with Crippen molar-refractivity contribution in [1.82, 2.24) is 14.5 Å². The van der Waals surface area contributed by atoms with Gasteiger partial charge in [0.1, 0.15) is 6.54 Å². The second-order valence-electron chi connectivity index (χ2n) is 2.88. The van der Waals surface area contributed by atoms with Gasteiger partial charge in [0.2, 0.25) is 5.91 Å². The zero-order valence-electron chi connectivity index (χ0n) is 7.23. The molecule has 0 saturated carbocycles. The zero-order valence-corrected chi connectivity index (χ0v) is 8.04. The zero-order chi connectivity index (χ0) is 10.1. The Morgan fingerprint density at radius 3 is 3.21 bits per heavy atom. The molecule has 0 radical (unpaired) electrons. The topological polar surface area (TPSA) is 76.7 Å². The molecule has 0 bridgehead atoms. The average Bonchev–Trinajstić information content (AvgIpc) is 2.43. The van der Waals surface area contributed by atoms with Gasteiger partial charge in [0.15, 0.2) is 4.77 Å². The summed E-state index contributed by atoms with van der Waals surface area (Å²) in [4.78, 5) is 17.7. The molecule has 0 atom stereocenters. The van der Waals surface area contributed by atoms with Crippen LogP contribution in [0.5, 0.6) is 0 Å². The number of aromatic amines is 1. The van der Waals surface area contributed by atoms with Crippen LogP contribution in [0.2, 0.25) is 0 Å². The number of H-pyrrole nitrogens is 1. The first kappa shape index (κ1) is 8.89. The van der Waals surface area contributed by atoms with Crippen molar-refractivity contribution >= 4 is 29.2 Å². The predicted octanol–water partition coefficient (Wildman–Crippen LogP) is 0.579. The van der Waals surface area contributed by atoms with Gasteiger partial charge in [-0.15, -0.1) is 0 Å². The summed E-state index contributed by atoms with van der Waals surface area (Å²) in [5, 5.41) is 0. The normalized spacial score (nSPS) is 10.6. The van der Waals surface area contributed by atoms with Gasteiger partial charge < -0.3 is 15.3 Å². The van der Waals surface area contributed by atoms with Crippen LogP contribution in [-0.4, -0.2) is 20.4 Å². The number of aromatic nitrogens is 3. The fraction of sp³-hybridized carbons (Fsp3) is 0.125. The summed E-state index contributed by atoms with van der Waals surface area (Å²) in [5.74, 6) is -0.418. The number of nitrogens with two attached hydrogens (primary N) is 1. The third kappa shape index (κ3) is 1.39. The van der Waals surface area contributed by atoms with Crippen molar-refractivity contribution in [3.8, 4) is 0 Å². The number of carbonyl (C=O) groups excluding carboxylic acids is 1. The van der Waals surface area contributed by atoms with Crippen molar-refractivity contribution in [1.29, 1.82) is 0 Å². The maximum absolute atomic E-state index is 10.8.